The zero-order valence-corrected chi connectivity index (χ0v) is 12.2. The molecule has 114 valence electrons. The zero-order chi connectivity index (χ0) is 15.4. The quantitative estimate of drug-likeness (QED) is 0.659. The summed E-state index contributed by atoms with van der Waals surface area (Å²) in [4.78, 5) is 15.8. The molecule has 0 spiro atoms. The van der Waals surface area contributed by atoms with E-state index in [9.17, 15) is 9.90 Å². The van der Waals surface area contributed by atoms with Crippen LogP contribution in [0.2, 0.25) is 0 Å². The van der Waals surface area contributed by atoms with Gasteiger partial charge in [0.2, 0.25) is 5.88 Å². The van der Waals surface area contributed by atoms with Gasteiger partial charge in [-0.2, -0.15) is 0 Å². The van der Waals surface area contributed by atoms with Gasteiger partial charge in [0.15, 0.2) is 0 Å². The maximum Gasteiger partial charge on any atom is 0.320 e. The number of methoxy groups -OCH3 is 1. The number of aliphatic hydroxyl groups excluding tert-OH is 1. The highest BCUT2D eigenvalue weighted by Gasteiger charge is 2.12. The van der Waals surface area contributed by atoms with Gasteiger partial charge in [0.05, 0.1) is 24.1 Å². The van der Waals surface area contributed by atoms with Crippen LogP contribution in [-0.4, -0.2) is 46.1 Å². The standard InChI is InChI=1S/C13H19N5O3/c1-7(2)10(19)6-15-13(20)16-11-4-9-8(5-14-11)12(21-3)18-17-9/h4-5,7,10,19H,6H2,1-3H3,(H,17,18)(H2,14,15,16,20). The van der Waals surface area contributed by atoms with Crippen molar-refractivity contribution in [2.75, 3.05) is 19.0 Å². The van der Waals surface area contributed by atoms with E-state index < -0.39 is 12.1 Å². The molecule has 0 fully saturated rings. The lowest BCUT2D eigenvalue weighted by Crippen LogP contribution is -2.37. The number of anilines is 1. The van der Waals surface area contributed by atoms with E-state index in [4.69, 9.17) is 4.74 Å². The highest BCUT2D eigenvalue weighted by atomic mass is 16.5. The second kappa shape index (κ2) is 6.40. The molecule has 8 heteroatoms. The summed E-state index contributed by atoms with van der Waals surface area (Å²) in [5, 5.41) is 22.3. The number of nitrogens with zero attached hydrogens (tertiary/aromatic N) is 2. The molecule has 8 nitrogen and oxygen atoms in total. The number of ether oxygens (including phenoxy) is 1. The molecular weight excluding hydrogens is 274 g/mol. The first kappa shape index (κ1) is 15.0. The molecule has 0 radical (unpaired) electrons. The van der Waals surface area contributed by atoms with Crippen LogP contribution in [0.25, 0.3) is 10.9 Å². The first-order chi connectivity index (χ1) is 10.0. The second-order valence-corrected chi connectivity index (χ2v) is 4.99. The van der Waals surface area contributed by atoms with Crippen molar-refractivity contribution in [1.29, 1.82) is 0 Å². The predicted molar refractivity (Wildman–Crippen MR) is 78.3 cm³/mol. The molecule has 0 saturated heterocycles. The molecule has 0 aliphatic heterocycles. The van der Waals surface area contributed by atoms with Gasteiger partial charge in [0.1, 0.15) is 5.82 Å². The lowest BCUT2D eigenvalue weighted by molar-refractivity contribution is 0.126. The van der Waals surface area contributed by atoms with Crippen molar-refractivity contribution in [3.63, 3.8) is 0 Å². The fourth-order valence-corrected chi connectivity index (χ4v) is 1.71. The molecule has 0 aliphatic carbocycles. The second-order valence-electron chi connectivity index (χ2n) is 4.99. The van der Waals surface area contributed by atoms with E-state index >= 15 is 0 Å². The normalized spacial score (nSPS) is 12.4. The molecule has 4 N–H and O–H groups in total. The largest absolute Gasteiger partial charge is 0.479 e. The number of aromatic nitrogens is 3. The SMILES string of the molecule is COc1n[nH]c2cc(NC(=O)NCC(O)C(C)C)ncc12. The highest BCUT2D eigenvalue weighted by molar-refractivity contribution is 5.91. The third-order valence-electron chi connectivity index (χ3n) is 3.09. The fraction of sp³-hybridized carbons (Fsp3) is 0.462. The van der Waals surface area contributed by atoms with E-state index in [0.29, 0.717) is 17.2 Å². The maximum absolute atomic E-state index is 11.7. The number of urea groups is 1. The molecular formula is C13H19N5O3. The van der Waals surface area contributed by atoms with Gasteiger partial charge in [0, 0.05) is 18.8 Å². The fourth-order valence-electron chi connectivity index (χ4n) is 1.71. The summed E-state index contributed by atoms with van der Waals surface area (Å²) in [6.45, 7) is 3.94. The van der Waals surface area contributed by atoms with Crippen LogP contribution in [0, 0.1) is 5.92 Å². The van der Waals surface area contributed by atoms with Crippen LogP contribution < -0.4 is 15.4 Å². The average Bonchev–Trinajstić information content (AvgIpc) is 2.86. The summed E-state index contributed by atoms with van der Waals surface area (Å²) in [5.41, 5.74) is 0.708. The number of carbonyl (C=O) groups is 1. The Hall–Kier alpha value is -2.35. The lowest BCUT2D eigenvalue weighted by Gasteiger charge is -2.15. The van der Waals surface area contributed by atoms with Gasteiger partial charge in [0.25, 0.3) is 0 Å². The van der Waals surface area contributed by atoms with Gasteiger partial charge in [-0.25, -0.2) is 9.78 Å². The third kappa shape index (κ3) is 3.60. The Kier molecular flexibility index (Phi) is 4.59. The number of pyridine rings is 1. The summed E-state index contributed by atoms with van der Waals surface area (Å²) in [7, 11) is 1.52. The number of amides is 2. The molecule has 2 rings (SSSR count). The highest BCUT2D eigenvalue weighted by Crippen LogP contribution is 2.22. The summed E-state index contributed by atoms with van der Waals surface area (Å²) in [5.74, 6) is 0.913. The van der Waals surface area contributed by atoms with Gasteiger partial charge in [-0.3, -0.25) is 10.4 Å². The maximum atomic E-state index is 11.7. The Bertz CT molecular complexity index is 625. The Morgan fingerprint density at radius 2 is 2.29 bits per heavy atom. The van der Waals surface area contributed by atoms with E-state index in [1.54, 1.807) is 12.3 Å². The van der Waals surface area contributed by atoms with E-state index in [1.807, 2.05) is 13.8 Å². The lowest BCUT2D eigenvalue weighted by atomic mass is 10.1. The number of H-pyrrole nitrogens is 1. The monoisotopic (exact) mass is 293 g/mol. The Morgan fingerprint density at radius 1 is 1.52 bits per heavy atom. The topological polar surface area (TPSA) is 112 Å². The van der Waals surface area contributed by atoms with E-state index in [-0.39, 0.29) is 12.5 Å². The van der Waals surface area contributed by atoms with Crippen molar-refractivity contribution in [3.8, 4) is 5.88 Å². The van der Waals surface area contributed by atoms with Crippen LogP contribution >= 0.6 is 0 Å². The van der Waals surface area contributed by atoms with Crippen molar-refractivity contribution in [2.45, 2.75) is 20.0 Å². The van der Waals surface area contributed by atoms with Crippen molar-refractivity contribution in [1.82, 2.24) is 20.5 Å². The molecule has 2 heterocycles. The van der Waals surface area contributed by atoms with Crippen molar-refractivity contribution in [3.05, 3.63) is 12.3 Å². The Labute approximate surface area is 121 Å². The summed E-state index contributed by atoms with van der Waals surface area (Å²) in [6, 6.07) is 1.23. The number of fused-ring (bicyclic) bond motifs is 1. The number of aromatic amines is 1. The summed E-state index contributed by atoms with van der Waals surface area (Å²) >= 11 is 0. The van der Waals surface area contributed by atoms with E-state index in [0.717, 1.165) is 5.39 Å². The molecule has 0 aromatic carbocycles. The van der Waals surface area contributed by atoms with Crippen LogP contribution in [0.3, 0.4) is 0 Å². The van der Waals surface area contributed by atoms with Gasteiger partial charge < -0.3 is 15.2 Å². The Morgan fingerprint density at radius 3 is 2.95 bits per heavy atom. The Balaban J connectivity index is 1.98. The number of hydrogen-bond donors (Lipinski definition) is 4. The van der Waals surface area contributed by atoms with Gasteiger partial charge >= 0.3 is 6.03 Å². The van der Waals surface area contributed by atoms with Crippen LogP contribution in [0.1, 0.15) is 13.8 Å². The molecule has 2 amide bonds. The number of nitrogens with one attached hydrogen (secondary N) is 3. The minimum Gasteiger partial charge on any atom is -0.479 e. The molecule has 1 atom stereocenters. The minimum absolute atomic E-state index is 0.0808. The van der Waals surface area contributed by atoms with Gasteiger partial charge in [-0.1, -0.05) is 13.8 Å². The van der Waals surface area contributed by atoms with Gasteiger partial charge in [-0.15, -0.1) is 5.10 Å². The number of rotatable bonds is 5. The average molecular weight is 293 g/mol. The molecule has 0 saturated carbocycles. The minimum atomic E-state index is -0.581. The van der Waals surface area contributed by atoms with E-state index in [2.05, 4.69) is 25.8 Å². The van der Waals surface area contributed by atoms with Gasteiger partial charge in [-0.05, 0) is 5.92 Å². The zero-order valence-electron chi connectivity index (χ0n) is 12.2. The molecule has 0 bridgehead atoms. The third-order valence-corrected chi connectivity index (χ3v) is 3.09. The van der Waals surface area contributed by atoms with Crippen LogP contribution in [-0.2, 0) is 0 Å². The molecule has 21 heavy (non-hydrogen) atoms. The first-order valence-corrected chi connectivity index (χ1v) is 6.62. The first-order valence-electron chi connectivity index (χ1n) is 6.62. The molecule has 2 aromatic rings. The number of carbonyl (C=O) groups excluding carboxylic acids is 1. The van der Waals surface area contributed by atoms with Crippen LogP contribution in [0.4, 0.5) is 10.6 Å². The number of aliphatic hydroxyl groups is 1. The van der Waals surface area contributed by atoms with Crippen molar-refractivity contribution in [2.24, 2.45) is 5.92 Å². The molecule has 0 aliphatic rings. The molecule has 1 unspecified atom stereocenters. The van der Waals surface area contributed by atoms with E-state index in [1.165, 1.54) is 7.11 Å². The summed E-state index contributed by atoms with van der Waals surface area (Å²) < 4.78 is 5.07. The van der Waals surface area contributed by atoms with Crippen molar-refractivity contribution >= 4 is 22.8 Å². The van der Waals surface area contributed by atoms with Crippen LogP contribution in [0.15, 0.2) is 12.3 Å². The summed E-state index contributed by atoms with van der Waals surface area (Å²) in [6.07, 6.45) is 0.985. The smallest absolute Gasteiger partial charge is 0.320 e. The van der Waals surface area contributed by atoms with Crippen LogP contribution in [0.5, 0.6) is 5.88 Å². The predicted octanol–water partition coefficient (Wildman–Crippen LogP) is 1.10. The van der Waals surface area contributed by atoms with Crippen molar-refractivity contribution < 1.29 is 14.6 Å². The molecule has 2 aromatic heterocycles. The number of hydrogen-bond acceptors (Lipinski definition) is 5.